The summed E-state index contributed by atoms with van der Waals surface area (Å²) in [6, 6.07) is 49.0. The van der Waals surface area contributed by atoms with Gasteiger partial charge in [-0.05, 0) is 36.4 Å². The molecule has 0 radical (unpaired) electrons. The Hall–Kier alpha value is -6.60. The molecule has 0 bridgehead atoms. The molecule has 0 amide bonds. The number of hydrogen-bond donors (Lipinski definition) is 1. The molecule has 0 aliphatic heterocycles. The number of rotatable bonds is 4. The zero-order valence-corrected chi connectivity index (χ0v) is 25.1. The van der Waals surface area contributed by atoms with E-state index in [1.165, 1.54) is 5.39 Å². The Morgan fingerprint density at radius 3 is 2.00 bits per heavy atom. The minimum Gasteiger partial charge on any atom is -0.434 e. The number of fused-ring (bicyclic) bond motifs is 8. The lowest BCUT2D eigenvalue weighted by atomic mass is 10.1. The maximum absolute atomic E-state index is 8.82. The lowest BCUT2D eigenvalue weighted by Crippen LogP contribution is -2.07. The maximum atomic E-state index is 8.82. The fourth-order valence-corrected chi connectivity index (χ4v) is 6.49. The number of para-hydroxylation sites is 5. The third kappa shape index (κ3) is 4.36. The molecule has 7 heteroatoms. The van der Waals surface area contributed by atoms with E-state index in [-0.39, 0.29) is 11.7 Å². The Balaban J connectivity index is 1.30. The van der Waals surface area contributed by atoms with Crippen molar-refractivity contribution in [1.29, 1.82) is 5.41 Å². The molecule has 3 aromatic heterocycles. The number of hydrogen-bond acceptors (Lipinski definition) is 3. The topological polar surface area (TPSA) is 84.5 Å². The summed E-state index contributed by atoms with van der Waals surface area (Å²) in [5.41, 5.74) is 7.42. The standard InChI is InChI=1S/C40H26N6O/c41-38(40-43-32-19-9-12-22-35(32)47-40)44-39(26-13-3-1-4-14-26)42-25-45-33-20-10-7-17-28(33)30-23-24-31-29-18-8-11-21-34(29)46(37(31)36(30)45)27-15-5-2-6-16-27/h1-25,41H/b41-38?,42-25+,44-39-. The summed E-state index contributed by atoms with van der Waals surface area (Å²) in [6.45, 7) is 0. The summed E-state index contributed by atoms with van der Waals surface area (Å²) in [7, 11) is 0. The molecule has 3 heterocycles. The van der Waals surface area contributed by atoms with Gasteiger partial charge in [0.05, 0.1) is 22.1 Å². The molecule has 9 aromatic rings. The first kappa shape index (κ1) is 26.8. The highest BCUT2D eigenvalue weighted by Gasteiger charge is 2.20. The zero-order chi connectivity index (χ0) is 31.3. The Morgan fingerprint density at radius 1 is 0.617 bits per heavy atom. The third-order valence-electron chi connectivity index (χ3n) is 8.56. The molecule has 0 aliphatic rings. The van der Waals surface area contributed by atoms with E-state index in [2.05, 4.69) is 98.0 Å². The first-order valence-electron chi connectivity index (χ1n) is 15.4. The largest absolute Gasteiger partial charge is 0.434 e. The normalized spacial score (nSPS) is 12.4. The molecule has 0 saturated carbocycles. The minimum absolute atomic E-state index is 0.106. The number of benzene rings is 6. The highest BCUT2D eigenvalue weighted by atomic mass is 16.3. The highest BCUT2D eigenvalue weighted by molar-refractivity contribution is 6.25. The van der Waals surface area contributed by atoms with Gasteiger partial charge >= 0.3 is 0 Å². The average molecular weight is 607 g/mol. The molecule has 222 valence electrons. The van der Waals surface area contributed by atoms with E-state index in [0.29, 0.717) is 16.9 Å². The quantitative estimate of drug-likeness (QED) is 0.160. The molecule has 0 saturated heterocycles. The molecule has 47 heavy (non-hydrogen) atoms. The Bertz CT molecular complexity index is 2660. The zero-order valence-electron chi connectivity index (χ0n) is 25.1. The minimum atomic E-state index is -0.106. The van der Waals surface area contributed by atoms with Gasteiger partial charge in [0.2, 0.25) is 5.84 Å². The van der Waals surface area contributed by atoms with Crippen LogP contribution in [-0.4, -0.2) is 32.1 Å². The van der Waals surface area contributed by atoms with Crippen LogP contribution in [0, 0.1) is 5.41 Å². The van der Waals surface area contributed by atoms with Gasteiger partial charge in [-0.2, -0.15) is 0 Å². The molecule has 6 aromatic carbocycles. The predicted molar refractivity (Wildman–Crippen MR) is 191 cm³/mol. The molecule has 0 aliphatic carbocycles. The molecule has 0 unspecified atom stereocenters. The van der Waals surface area contributed by atoms with Crippen molar-refractivity contribution in [2.24, 2.45) is 9.98 Å². The summed E-state index contributed by atoms with van der Waals surface area (Å²) >= 11 is 0. The number of aromatic nitrogens is 3. The first-order chi connectivity index (χ1) is 23.2. The van der Waals surface area contributed by atoms with Crippen LogP contribution in [-0.2, 0) is 0 Å². The lowest BCUT2D eigenvalue weighted by molar-refractivity contribution is 0.588. The number of nitrogens with zero attached hydrogens (tertiary/aromatic N) is 5. The fourth-order valence-electron chi connectivity index (χ4n) is 6.49. The van der Waals surface area contributed by atoms with Crippen LogP contribution >= 0.6 is 0 Å². The number of nitrogens with one attached hydrogen (secondary N) is 1. The predicted octanol–water partition coefficient (Wildman–Crippen LogP) is 9.38. The molecule has 0 atom stereocenters. The van der Waals surface area contributed by atoms with Crippen LogP contribution in [0.5, 0.6) is 0 Å². The second-order valence-corrected chi connectivity index (χ2v) is 11.3. The molecular formula is C40H26N6O. The summed E-state index contributed by atoms with van der Waals surface area (Å²) < 4.78 is 10.3. The van der Waals surface area contributed by atoms with E-state index < -0.39 is 0 Å². The van der Waals surface area contributed by atoms with Crippen LogP contribution in [0.2, 0.25) is 0 Å². The Labute approximate surface area is 268 Å². The third-order valence-corrected chi connectivity index (χ3v) is 8.56. The summed E-state index contributed by atoms with van der Waals surface area (Å²) in [4.78, 5) is 14.1. The van der Waals surface area contributed by atoms with E-state index in [4.69, 9.17) is 14.8 Å². The van der Waals surface area contributed by atoms with Crippen LogP contribution in [0.15, 0.2) is 160 Å². The molecule has 1 N–H and O–H groups in total. The molecule has 7 nitrogen and oxygen atoms in total. The highest BCUT2D eigenvalue weighted by Crippen LogP contribution is 2.39. The number of aliphatic imine (C=N–C) groups is 2. The summed E-state index contributed by atoms with van der Waals surface area (Å²) in [5.74, 6) is 0.409. The van der Waals surface area contributed by atoms with Crippen LogP contribution in [0.1, 0.15) is 11.5 Å². The summed E-state index contributed by atoms with van der Waals surface area (Å²) in [6.07, 6.45) is 1.82. The smallest absolute Gasteiger partial charge is 0.265 e. The SMILES string of the molecule is N=C(/N=C(\N=C\n1c2ccccc2c2ccc3c4ccccc4n(-c4ccccc4)c3c21)c1ccccc1)c1nc2ccccc2o1. The van der Waals surface area contributed by atoms with Crippen LogP contribution in [0.3, 0.4) is 0 Å². The second kappa shape index (κ2) is 10.8. The molecular weight excluding hydrogens is 580 g/mol. The van der Waals surface area contributed by atoms with E-state index in [0.717, 1.165) is 49.5 Å². The molecule has 0 spiro atoms. The first-order valence-corrected chi connectivity index (χ1v) is 15.4. The number of oxazole rings is 1. The average Bonchev–Trinajstić information content (AvgIpc) is 3.81. The Kier molecular flexibility index (Phi) is 6.14. The van der Waals surface area contributed by atoms with Crippen molar-refractivity contribution in [2.75, 3.05) is 0 Å². The fraction of sp³-hybridized carbons (Fsp3) is 0. The summed E-state index contributed by atoms with van der Waals surface area (Å²) in [5, 5.41) is 13.4. The van der Waals surface area contributed by atoms with Crippen LogP contribution in [0.25, 0.3) is 60.4 Å². The van der Waals surface area contributed by atoms with E-state index >= 15 is 0 Å². The van der Waals surface area contributed by atoms with Crippen LogP contribution in [0.4, 0.5) is 0 Å². The van der Waals surface area contributed by atoms with E-state index in [1.54, 1.807) is 0 Å². The van der Waals surface area contributed by atoms with Gasteiger partial charge in [-0.1, -0.05) is 109 Å². The lowest BCUT2D eigenvalue weighted by Gasteiger charge is -2.10. The van der Waals surface area contributed by atoms with Gasteiger partial charge in [0.25, 0.3) is 5.89 Å². The van der Waals surface area contributed by atoms with Gasteiger partial charge in [-0.3, -0.25) is 9.98 Å². The van der Waals surface area contributed by atoms with Gasteiger partial charge in [0.15, 0.2) is 11.4 Å². The van der Waals surface area contributed by atoms with Gasteiger partial charge in [-0.25, -0.2) is 15.0 Å². The van der Waals surface area contributed by atoms with Crippen molar-refractivity contribution < 1.29 is 4.42 Å². The van der Waals surface area contributed by atoms with Gasteiger partial charge in [0, 0.05) is 32.8 Å². The van der Waals surface area contributed by atoms with Crippen molar-refractivity contribution in [3.05, 3.63) is 157 Å². The monoisotopic (exact) mass is 606 g/mol. The van der Waals surface area contributed by atoms with Gasteiger partial charge in [0.1, 0.15) is 11.9 Å². The maximum Gasteiger partial charge on any atom is 0.265 e. The number of amidine groups is 2. The van der Waals surface area contributed by atoms with Crippen molar-refractivity contribution in [1.82, 2.24) is 14.1 Å². The van der Waals surface area contributed by atoms with Crippen molar-refractivity contribution in [3.8, 4) is 5.69 Å². The van der Waals surface area contributed by atoms with Crippen molar-refractivity contribution in [3.63, 3.8) is 0 Å². The van der Waals surface area contributed by atoms with Gasteiger partial charge < -0.3 is 8.98 Å². The van der Waals surface area contributed by atoms with Crippen LogP contribution < -0.4 is 0 Å². The second-order valence-electron chi connectivity index (χ2n) is 11.3. The van der Waals surface area contributed by atoms with Crippen molar-refractivity contribution in [2.45, 2.75) is 0 Å². The molecule has 9 rings (SSSR count). The van der Waals surface area contributed by atoms with E-state index in [1.807, 2.05) is 73.1 Å². The van der Waals surface area contributed by atoms with Crippen molar-refractivity contribution >= 4 is 72.7 Å². The van der Waals surface area contributed by atoms with Gasteiger partial charge in [-0.15, -0.1) is 0 Å². The molecule has 0 fully saturated rings. The van der Waals surface area contributed by atoms with E-state index in [9.17, 15) is 0 Å². The Morgan fingerprint density at radius 2 is 1.23 bits per heavy atom.